The molecule has 0 fully saturated rings. The van der Waals surface area contributed by atoms with Crippen LogP contribution in [0.5, 0.6) is 0 Å². The number of rotatable bonds is 6. The summed E-state index contributed by atoms with van der Waals surface area (Å²) in [5.74, 6) is 0.0797. The third kappa shape index (κ3) is 4.65. The molecule has 1 aromatic carbocycles. The summed E-state index contributed by atoms with van der Waals surface area (Å²) in [4.78, 5) is 4.41. The summed E-state index contributed by atoms with van der Waals surface area (Å²) in [6.45, 7) is 4.43. The molecule has 0 bridgehead atoms. The Morgan fingerprint density at radius 1 is 1.19 bits per heavy atom. The van der Waals surface area contributed by atoms with Crippen LogP contribution in [0.15, 0.2) is 53.7 Å². The maximum Gasteiger partial charge on any atom is 0.179 e. The highest BCUT2D eigenvalue weighted by Gasteiger charge is 2.18. The summed E-state index contributed by atoms with van der Waals surface area (Å²) in [5.41, 5.74) is 2.09. The van der Waals surface area contributed by atoms with Crippen LogP contribution in [0.1, 0.15) is 18.1 Å². The Morgan fingerprint density at radius 2 is 1.90 bits per heavy atom. The second-order valence-corrected chi connectivity index (χ2v) is 7.27. The van der Waals surface area contributed by atoms with Gasteiger partial charge in [-0.2, -0.15) is 0 Å². The fraction of sp³-hybridized carbons (Fsp3) is 0.312. The van der Waals surface area contributed by atoms with Crippen molar-refractivity contribution in [1.29, 1.82) is 0 Å². The molecule has 4 nitrogen and oxygen atoms in total. The predicted molar refractivity (Wildman–Crippen MR) is 83.8 cm³/mol. The van der Waals surface area contributed by atoms with Crippen molar-refractivity contribution in [2.75, 3.05) is 5.75 Å². The normalized spacial score (nSPS) is 13.0. The number of benzene rings is 1. The van der Waals surface area contributed by atoms with E-state index in [0.717, 1.165) is 11.1 Å². The van der Waals surface area contributed by atoms with Crippen molar-refractivity contribution >= 4 is 9.84 Å². The van der Waals surface area contributed by atoms with E-state index in [1.807, 2.05) is 38.1 Å². The Morgan fingerprint density at radius 3 is 2.52 bits per heavy atom. The topological polar surface area (TPSA) is 59.1 Å². The van der Waals surface area contributed by atoms with Gasteiger partial charge in [-0.3, -0.25) is 4.98 Å². The minimum absolute atomic E-state index is 0.0797. The first-order chi connectivity index (χ1) is 9.97. The quantitative estimate of drug-likeness (QED) is 0.890. The summed E-state index contributed by atoms with van der Waals surface area (Å²) in [7, 11) is -3.26. The van der Waals surface area contributed by atoms with Gasteiger partial charge >= 0.3 is 0 Å². The van der Waals surface area contributed by atoms with E-state index in [4.69, 9.17) is 0 Å². The Balaban J connectivity index is 1.95. The lowest BCUT2D eigenvalue weighted by molar-refractivity contribution is 0.556. The van der Waals surface area contributed by atoms with Crippen LogP contribution in [0.4, 0.5) is 0 Å². The largest absolute Gasteiger partial charge is 0.309 e. The molecule has 0 saturated heterocycles. The van der Waals surface area contributed by atoms with E-state index in [-0.39, 0.29) is 11.8 Å². The molecular formula is C16H20N2O2S. The Labute approximate surface area is 126 Å². The number of sulfone groups is 1. The molecule has 0 aliphatic carbocycles. The van der Waals surface area contributed by atoms with Crippen molar-refractivity contribution in [3.63, 3.8) is 0 Å². The molecule has 5 heteroatoms. The first-order valence-corrected chi connectivity index (χ1v) is 8.54. The first-order valence-electron chi connectivity index (χ1n) is 6.89. The second-order valence-electron chi connectivity index (χ2n) is 5.24. The predicted octanol–water partition coefficient (Wildman–Crippen LogP) is 2.34. The lowest BCUT2D eigenvalue weighted by atomic mass is 10.2. The molecule has 2 aromatic rings. The molecular weight excluding hydrogens is 284 g/mol. The van der Waals surface area contributed by atoms with Gasteiger partial charge in [0.1, 0.15) is 0 Å². The first kappa shape index (κ1) is 15.7. The minimum atomic E-state index is -3.26. The molecule has 0 aliphatic heterocycles. The van der Waals surface area contributed by atoms with Gasteiger partial charge in [0.15, 0.2) is 9.84 Å². The fourth-order valence-corrected chi connectivity index (χ4v) is 3.54. The molecule has 0 amide bonds. The number of pyridine rings is 1. The lowest BCUT2D eigenvalue weighted by Gasteiger charge is -2.14. The van der Waals surface area contributed by atoms with Crippen molar-refractivity contribution < 1.29 is 8.42 Å². The molecule has 0 unspecified atom stereocenters. The highest BCUT2D eigenvalue weighted by molar-refractivity contribution is 7.91. The van der Waals surface area contributed by atoms with Crippen molar-refractivity contribution in [1.82, 2.24) is 10.3 Å². The standard InChI is InChI=1S/C16H20N2O2S/c1-13-5-7-16(8-6-13)21(19,20)12-14(2)18-11-15-4-3-9-17-10-15/h3-10,14,18H,11-12H2,1-2H3/t14-/m1/s1. The molecule has 112 valence electrons. The van der Waals surface area contributed by atoms with Crippen LogP contribution in [0.2, 0.25) is 0 Å². The number of hydrogen-bond donors (Lipinski definition) is 1. The SMILES string of the molecule is Cc1ccc(S(=O)(=O)C[C@@H](C)NCc2cccnc2)cc1. The maximum absolute atomic E-state index is 12.3. The van der Waals surface area contributed by atoms with Gasteiger partial charge in [-0.05, 0) is 37.6 Å². The van der Waals surface area contributed by atoms with E-state index >= 15 is 0 Å². The van der Waals surface area contributed by atoms with Crippen molar-refractivity contribution in [2.45, 2.75) is 31.3 Å². The molecule has 1 N–H and O–H groups in total. The third-order valence-corrected chi connectivity index (χ3v) is 5.16. The molecule has 1 heterocycles. The van der Waals surface area contributed by atoms with Gasteiger partial charge in [0.05, 0.1) is 10.6 Å². The summed E-state index contributed by atoms with van der Waals surface area (Å²) in [6, 6.07) is 10.7. The number of nitrogens with one attached hydrogen (secondary N) is 1. The third-order valence-electron chi connectivity index (χ3n) is 3.23. The van der Waals surface area contributed by atoms with Crippen molar-refractivity contribution in [3.8, 4) is 0 Å². The second kappa shape index (κ2) is 6.83. The molecule has 0 radical (unpaired) electrons. The monoisotopic (exact) mass is 304 g/mol. The van der Waals surface area contributed by atoms with E-state index in [1.54, 1.807) is 24.5 Å². The summed E-state index contributed by atoms with van der Waals surface area (Å²) < 4.78 is 24.6. The highest BCUT2D eigenvalue weighted by Crippen LogP contribution is 2.13. The van der Waals surface area contributed by atoms with Crippen LogP contribution in [0.25, 0.3) is 0 Å². The van der Waals surface area contributed by atoms with Crippen LogP contribution in [0.3, 0.4) is 0 Å². The van der Waals surface area contributed by atoms with Gasteiger partial charge in [-0.15, -0.1) is 0 Å². The van der Waals surface area contributed by atoms with E-state index in [9.17, 15) is 8.42 Å². The summed E-state index contributed by atoms with van der Waals surface area (Å²) >= 11 is 0. The molecule has 0 saturated carbocycles. The maximum atomic E-state index is 12.3. The number of hydrogen-bond acceptors (Lipinski definition) is 4. The molecule has 1 aromatic heterocycles. The summed E-state index contributed by atoms with van der Waals surface area (Å²) in [5, 5.41) is 3.22. The van der Waals surface area contributed by atoms with Gasteiger partial charge in [-0.25, -0.2) is 8.42 Å². The molecule has 0 spiro atoms. The average Bonchev–Trinajstić information content (AvgIpc) is 2.46. The molecule has 1 atom stereocenters. The van der Waals surface area contributed by atoms with Crippen LogP contribution in [-0.4, -0.2) is 25.2 Å². The van der Waals surface area contributed by atoms with Crippen LogP contribution in [-0.2, 0) is 16.4 Å². The van der Waals surface area contributed by atoms with Gasteiger partial charge < -0.3 is 5.32 Å². The Bertz CT molecular complexity index is 667. The average molecular weight is 304 g/mol. The number of nitrogens with zero attached hydrogens (tertiary/aromatic N) is 1. The minimum Gasteiger partial charge on any atom is -0.309 e. The lowest BCUT2D eigenvalue weighted by Crippen LogP contribution is -2.32. The van der Waals surface area contributed by atoms with Crippen molar-refractivity contribution in [3.05, 3.63) is 59.9 Å². The highest BCUT2D eigenvalue weighted by atomic mass is 32.2. The van der Waals surface area contributed by atoms with Gasteiger partial charge in [0.2, 0.25) is 0 Å². The zero-order valence-electron chi connectivity index (χ0n) is 12.3. The van der Waals surface area contributed by atoms with E-state index < -0.39 is 9.84 Å². The van der Waals surface area contributed by atoms with E-state index in [2.05, 4.69) is 10.3 Å². The van der Waals surface area contributed by atoms with Gasteiger partial charge in [0.25, 0.3) is 0 Å². The molecule has 2 rings (SSSR count). The Kier molecular flexibility index (Phi) is 5.09. The van der Waals surface area contributed by atoms with E-state index in [1.165, 1.54) is 0 Å². The van der Waals surface area contributed by atoms with Gasteiger partial charge in [0, 0.05) is 25.0 Å². The zero-order chi connectivity index (χ0) is 15.3. The van der Waals surface area contributed by atoms with Crippen LogP contribution < -0.4 is 5.32 Å². The van der Waals surface area contributed by atoms with Crippen LogP contribution >= 0.6 is 0 Å². The van der Waals surface area contributed by atoms with Gasteiger partial charge in [-0.1, -0.05) is 23.8 Å². The van der Waals surface area contributed by atoms with Crippen LogP contribution in [0, 0.1) is 6.92 Å². The van der Waals surface area contributed by atoms with E-state index in [0.29, 0.717) is 11.4 Å². The van der Waals surface area contributed by atoms with Crippen molar-refractivity contribution in [2.24, 2.45) is 0 Å². The fourth-order valence-electron chi connectivity index (χ4n) is 2.02. The Hall–Kier alpha value is -1.72. The molecule has 21 heavy (non-hydrogen) atoms. The number of aromatic nitrogens is 1. The number of aryl methyl sites for hydroxylation is 1. The smallest absolute Gasteiger partial charge is 0.179 e. The zero-order valence-corrected chi connectivity index (χ0v) is 13.1. The summed E-state index contributed by atoms with van der Waals surface area (Å²) in [6.07, 6.45) is 3.49. The molecule has 0 aliphatic rings.